The van der Waals surface area contributed by atoms with E-state index in [-0.39, 0.29) is 6.04 Å². The smallest absolute Gasteiger partial charge is 0.241 e. The molecule has 1 unspecified atom stereocenters. The molecular formula is C15H20N2O2S. The van der Waals surface area contributed by atoms with E-state index in [1.54, 1.807) is 12.1 Å². The van der Waals surface area contributed by atoms with Crippen molar-refractivity contribution < 1.29 is 8.42 Å². The molecule has 2 aromatic carbocycles. The number of rotatable bonds is 6. The Kier molecular flexibility index (Phi) is 4.75. The summed E-state index contributed by atoms with van der Waals surface area (Å²) in [4.78, 5) is 0.320. The van der Waals surface area contributed by atoms with Gasteiger partial charge in [-0.1, -0.05) is 43.3 Å². The fraction of sp³-hybridized carbons (Fsp3) is 0.333. The monoisotopic (exact) mass is 292 g/mol. The number of hydrogen-bond donors (Lipinski definition) is 2. The summed E-state index contributed by atoms with van der Waals surface area (Å²) in [5.41, 5.74) is 5.80. The molecule has 0 saturated carbocycles. The normalized spacial score (nSPS) is 13.5. The molecule has 108 valence electrons. The molecule has 0 radical (unpaired) electrons. The van der Waals surface area contributed by atoms with Crippen molar-refractivity contribution in [3.8, 4) is 0 Å². The van der Waals surface area contributed by atoms with E-state index in [0.29, 0.717) is 17.9 Å². The summed E-state index contributed by atoms with van der Waals surface area (Å²) in [5.74, 6) is 0. The predicted octanol–water partition coefficient (Wildman–Crippen LogP) is 2.25. The topological polar surface area (TPSA) is 72.2 Å². The van der Waals surface area contributed by atoms with Crippen LogP contribution in [0.5, 0.6) is 0 Å². The summed E-state index contributed by atoms with van der Waals surface area (Å²) in [5, 5.41) is 1.66. The summed E-state index contributed by atoms with van der Waals surface area (Å²) in [6.07, 6.45) is 1.48. The molecule has 0 aliphatic heterocycles. The Morgan fingerprint density at radius 3 is 2.60 bits per heavy atom. The highest BCUT2D eigenvalue weighted by atomic mass is 32.2. The zero-order chi connectivity index (χ0) is 14.6. The van der Waals surface area contributed by atoms with Crippen LogP contribution in [-0.2, 0) is 10.0 Å². The number of sulfonamides is 1. The fourth-order valence-corrected chi connectivity index (χ4v) is 3.37. The van der Waals surface area contributed by atoms with E-state index in [9.17, 15) is 8.42 Å². The van der Waals surface area contributed by atoms with E-state index in [0.717, 1.165) is 17.2 Å². The Hall–Kier alpha value is -1.43. The van der Waals surface area contributed by atoms with Crippen LogP contribution in [0, 0.1) is 0 Å². The minimum atomic E-state index is -3.50. The number of nitrogens with two attached hydrogens (primary N) is 1. The quantitative estimate of drug-likeness (QED) is 0.857. The minimum absolute atomic E-state index is 0.0326. The van der Waals surface area contributed by atoms with Gasteiger partial charge in [-0.15, -0.1) is 0 Å². The van der Waals surface area contributed by atoms with Gasteiger partial charge >= 0.3 is 0 Å². The second-order valence-corrected chi connectivity index (χ2v) is 6.57. The summed E-state index contributed by atoms with van der Waals surface area (Å²) >= 11 is 0. The molecule has 4 nitrogen and oxygen atoms in total. The minimum Gasteiger partial charge on any atom is -0.328 e. The average Bonchev–Trinajstić information content (AvgIpc) is 2.46. The van der Waals surface area contributed by atoms with Gasteiger partial charge in [-0.3, -0.25) is 0 Å². The third-order valence-corrected chi connectivity index (χ3v) is 4.89. The summed E-state index contributed by atoms with van der Waals surface area (Å²) in [7, 11) is -3.50. The molecule has 2 aromatic rings. The highest BCUT2D eigenvalue weighted by Gasteiger charge is 2.16. The van der Waals surface area contributed by atoms with E-state index in [2.05, 4.69) is 4.72 Å². The molecule has 0 amide bonds. The van der Waals surface area contributed by atoms with Crippen LogP contribution in [0.2, 0.25) is 0 Å². The van der Waals surface area contributed by atoms with Gasteiger partial charge in [0.05, 0.1) is 4.90 Å². The molecule has 0 saturated heterocycles. The van der Waals surface area contributed by atoms with Gasteiger partial charge in [0, 0.05) is 18.0 Å². The molecule has 0 aliphatic rings. The predicted molar refractivity (Wildman–Crippen MR) is 82.0 cm³/mol. The van der Waals surface area contributed by atoms with Crippen LogP contribution < -0.4 is 10.5 Å². The third-order valence-electron chi connectivity index (χ3n) is 3.37. The first-order valence-electron chi connectivity index (χ1n) is 6.77. The van der Waals surface area contributed by atoms with Gasteiger partial charge in [-0.05, 0) is 24.3 Å². The van der Waals surface area contributed by atoms with E-state index in [1.807, 2.05) is 37.3 Å². The second kappa shape index (κ2) is 6.35. The summed E-state index contributed by atoms with van der Waals surface area (Å²) in [6.45, 7) is 2.35. The Bertz CT molecular complexity index is 678. The second-order valence-electron chi connectivity index (χ2n) is 4.83. The molecule has 3 N–H and O–H groups in total. The highest BCUT2D eigenvalue weighted by Crippen LogP contribution is 2.22. The summed E-state index contributed by atoms with van der Waals surface area (Å²) in [6, 6.07) is 12.8. The van der Waals surface area contributed by atoms with Crippen molar-refractivity contribution >= 4 is 20.8 Å². The maximum absolute atomic E-state index is 12.4. The number of benzene rings is 2. The Morgan fingerprint density at radius 1 is 1.15 bits per heavy atom. The van der Waals surface area contributed by atoms with Crippen molar-refractivity contribution in [1.82, 2.24) is 4.72 Å². The maximum atomic E-state index is 12.4. The number of hydrogen-bond acceptors (Lipinski definition) is 3. The number of nitrogens with one attached hydrogen (secondary N) is 1. The van der Waals surface area contributed by atoms with Crippen LogP contribution in [0.4, 0.5) is 0 Å². The maximum Gasteiger partial charge on any atom is 0.241 e. The Labute approximate surface area is 120 Å². The van der Waals surface area contributed by atoms with Crippen molar-refractivity contribution in [3.05, 3.63) is 42.5 Å². The van der Waals surface area contributed by atoms with Gasteiger partial charge in [0.2, 0.25) is 10.0 Å². The van der Waals surface area contributed by atoms with Crippen molar-refractivity contribution in [1.29, 1.82) is 0 Å². The molecule has 0 fully saturated rings. The first kappa shape index (κ1) is 15.0. The van der Waals surface area contributed by atoms with Crippen molar-refractivity contribution in [2.75, 3.05) is 6.54 Å². The zero-order valence-corrected chi connectivity index (χ0v) is 12.4. The van der Waals surface area contributed by atoms with Crippen LogP contribution in [-0.4, -0.2) is 21.0 Å². The highest BCUT2D eigenvalue weighted by molar-refractivity contribution is 7.89. The van der Waals surface area contributed by atoms with Gasteiger partial charge in [0.15, 0.2) is 0 Å². The molecular weight excluding hydrogens is 272 g/mol. The van der Waals surface area contributed by atoms with Crippen LogP contribution in [0.25, 0.3) is 10.8 Å². The third kappa shape index (κ3) is 3.36. The van der Waals surface area contributed by atoms with E-state index >= 15 is 0 Å². The van der Waals surface area contributed by atoms with Gasteiger partial charge < -0.3 is 5.73 Å². The zero-order valence-electron chi connectivity index (χ0n) is 11.5. The molecule has 5 heteroatoms. The molecule has 0 aliphatic carbocycles. The summed E-state index contributed by atoms with van der Waals surface area (Å²) < 4.78 is 27.4. The lowest BCUT2D eigenvalue weighted by molar-refractivity contribution is 0.558. The van der Waals surface area contributed by atoms with Crippen LogP contribution in [0.3, 0.4) is 0 Å². The molecule has 0 bridgehead atoms. The van der Waals surface area contributed by atoms with E-state index < -0.39 is 10.0 Å². The SMILES string of the molecule is CCC(N)CCNS(=O)(=O)c1cccc2ccccc12. The van der Waals surface area contributed by atoms with Crippen LogP contribution in [0.15, 0.2) is 47.4 Å². The van der Waals surface area contributed by atoms with Gasteiger partial charge in [0.1, 0.15) is 0 Å². The fourth-order valence-electron chi connectivity index (χ4n) is 2.09. The molecule has 0 heterocycles. The van der Waals surface area contributed by atoms with Crippen molar-refractivity contribution in [3.63, 3.8) is 0 Å². The van der Waals surface area contributed by atoms with Gasteiger partial charge in [-0.25, -0.2) is 13.1 Å². The standard InChI is InChI=1S/C15H20N2O2S/c1-2-13(16)10-11-17-20(18,19)15-9-5-7-12-6-3-4-8-14(12)15/h3-9,13,17H,2,10-11,16H2,1H3. The van der Waals surface area contributed by atoms with E-state index in [1.165, 1.54) is 0 Å². The molecule has 1 atom stereocenters. The molecule has 0 spiro atoms. The average molecular weight is 292 g/mol. The molecule has 0 aromatic heterocycles. The molecule has 20 heavy (non-hydrogen) atoms. The van der Waals surface area contributed by atoms with Crippen LogP contribution in [0.1, 0.15) is 19.8 Å². The van der Waals surface area contributed by atoms with E-state index in [4.69, 9.17) is 5.73 Å². The van der Waals surface area contributed by atoms with Crippen molar-refractivity contribution in [2.45, 2.75) is 30.7 Å². The largest absolute Gasteiger partial charge is 0.328 e. The first-order chi connectivity index (χ1) is 9.54. The Balaban J connectivity index is 2.24. The lowest BCUT2D eigenvalue weighted by Gasteiger charge is -2.11. The van der Waals surface area contributed by atoms with Gasteiger partial charge in [-0.2, -0.15) is 0 Å². The van der Waals surface area contributed by atoms with Crippen LogP contribution >= 0.6 is 0 Å². The molecule has 2 rings (SSSR count). The lowest BCUT2D eigenvalue weighted by Crippen LogP contribution is -2.30. The Morgan fingerprint density at radius 2 is 1.85 bits per heavy atom. The number of fused-ring (bicyclic) bond motifs is 1. The van der Waals surface area contributed by atoms with Crippen molar-refractivity contribution in [2.24, 2.45) is 5.73 Å². The van der Waals surface area contributed by atoms with Gasteiger partial charge in [0.25, 0.3) is 0 Å². The lowest BCUT2D eigenvalue weighted by atomic mass is 10.1. The first-order valence-corrected chi connectivity index (χ1v) is 8.26.